The Balaban J connectivity index is 2.30. The van der Waals surface area contributed by atoms with Gasteiger partial charge in [0.15, 0.2) is 0 Å². The van der Waals surface area contributed by atoms with E-state index in [1.807, 2.05) is 27.7 Å². The zero-order chi connectivity index (χ0) is 17.5. The van der Waals surface area contributed by atoms with Gasteiger partial charge in [-0.05, 0) is 39.2 Å². The van der Waals surface area contributed by atoms with Gasteiger partial charge in [0, 0.05) is 5.56 Å². The second-order valence-corrected chi connectivity index (χ2v) is 6.58. The molecule has 1 heterocycles. The van der Waals surface area contributed by atoms with Crippen LogP contribution in [0.3, 0.4) is 0 Å². The maximum atomic E-state index is 12.4. The molecule has 1 aliphatic rings. The first-order valence-electron chi connectivity index (χ1n) is 6.98. The molecule has 9 heteroatoms. The van der Waals surface area contributed by atoms with Gasteiger partial charge < -0.3 is 18.5 Å². The topological polar surface area (TPSA) is 36.9 Å². The maximum Gasteiger partial charge on any atom is 0.573 e. The van der Waals surface area contributed by atoms with Gasteiger partial charge in [0.05, 0.1) is 17.8 Å². The number of benzene rings is 1. The van der Waals surface area contributed by atoms with Crippen LogP contribution in [-0.4, -0.2) is 35.2 Å². The summed E-state index contributed by atoms with van der Waals surface area (Å²) in [5.41, 5.74) is -0.254. The number of rotatable bonds is 4. The number of alkyl halides is 3. The van der Waals surface area contributed by atoms with Gasteiger partial charge in [-0.1, -0.05) is 12.1 Å². The standard InChI is InChI=1S/C14H17BF3O4Si/c1-12(2)13(3,4)22-15(21-12)10-5-6-11(20-14(16,17)18)9(7-10)8-19-23/h5-7H,8H2,1-4H3. The molecule has 0 saturated carbocycles. The average molecular weight is 345 g/mol. The van der Waals surface area contributed by atoms with Gasteiger partial charge in [-0.3, -0.25) is 0 Å². The molecule has 1 aliphatic heterocycles. The van der Waals surface area contributed by atoms with Gasteiger partial charge in [-0.2, -0.15) is 0 Å². The highest BCUT2D eigenvalue weighted by Crippen LogP contribution is 2.37. The van der Waals surface area contributed by atoms with Crippen LogP contribution in [0.15, 0.2) is 18.2 Å². The van der Waals surface area contributed by atoms with Crippen molar-refractivity contribution in [1.29, 1.82) is 0 Å². The molecule has 2 rings (SSSR count). The van der Waals surface area contributed by atoms with E-state index in [2.05, 4.69) is 15.2 Å². The van der Waals surface area contributed by atoms with E-state index in [-0.39, 0.29) is 17.9 Å². The highest BCUT2D eigenvalue weighted by Gasteiger charge is 2.51. The molecule has 0 atom stereocenters. The number of hydrogen-bond donors (Lipinski definition) is 0. The van der Waals surface area contributed by atoms with Crippen LogP contribution < -0.4 is 10.2 Å². The predicted octanol–water partition coefficient (Wildman–Crippen LogP) is 2.48. The molecule has 4 nitrogen and oxygen atoms in total. The third-order valence-electron chi connectivity index (χ3n) is 4.06. The summed E-state index contributed by atoms with van der Waals surface area (Å²) in [7, 11) is 2.12. The Morgan fingerprint density at radius 1 is 1.13 bits per heavy atom. The van der Waals surface area contributed by atoms with Crippen molar-refractivity contribution < 1.29 is 31.6 Å². The smallest absolute Gasteiger partial charge is 0.414 e. The lowest BCUT2D eigenvalue weighted by atomic mass is 9.78. The maximum absolute atomic E-state index is 12.4. The molecule has 1 aromatic rings. The van der Waals surface area contributed by atoms with E-state index in [1.165, 1.54) is 18.2 Å². The molecular formula is C14H17BF3O4Si. The monoisotopic (exact) mass is 345 g/mol. The van der Waals surface area contributed by atoms with Crippen molar-refractivity contribution in [1.82, 2.24) is 0 Å². The first kappa shape index (κ1) is 18.3. The van der Waals surface area contributed by atoms with Crippen LogP contribution in [0.5, 0.6) is 5.75 Å². The summed E-state index contributed by atoms with van der Waals surface area (Å²) >= 11 is 0. The van der Waals surface area contributed by atoms with E-state index in [0.29, 0.717) is 5.46 Å². The summed E-state index contributed by atoms with van der Waals surface area (Å²) in [5.74, 6) is -0.323. The summed E-state index contributed by atoms with van der Waals surface area (Å²) in [6.07, 6.45) is -4.77. The summed E-state index contributed by atoms with van der Waals surface area (Å²) in [6, 6.07) is 4.23. The van der Waals surface area contributed by atoms with Crippen molar-refractivity contribution in [2.45, 2.75) is 51.9 Å². The predicted molar refractivity (Wildman–Crippen MR) is 79.4 cm³/mol. The molecule has 1 aromatic carbocycles. The lowest BCUT2D eigenvalue weighted by Gasteiger charge is -2.32. The Morgan fingerprint density at radius 3 is 2.17 bits per heavy atom. The number of halogens is 3. The summed E-state index contributed by atoms with van der Waals surface area (Å²) in [5, 5.41) is 0. The Morgan fingerprint density at radius 2 is 1.70 bits per heavy atom. The van der Waals surface area contributed by atoms with Crippen LogP contribution in [-0.2, 0) is 20.3 Å². The van der Waals surface area contributed by atoms with Crippen LogP contribution >= 0.6 is 0 Å². The highest BCUT2D eigenvalue weighted by molar-refractivity contribution is 6.62. The minimum atomic E-state index is -4.77. The van der Waals surface area contributed by atoms with Crippen molar-refractivity contribution in [3.8, 4) is 5.75 Å². The Kier molecular flexibility index (Phi) is 4.87. The fourth-order valence-corrected chi connectivity index (χ4v) is 2.30. The normalized spacial score (nSPS) is 19.9. The van der Waals surface area contributed by atoms with E-state index in [1.54, 1.807) is 0 Å². The molecule has 1 fully saturated rings. The van der Waals surface area contributed by atoms with Crippen molar-refractivity contribution in [2.24, 2.45) is 0 Å². The van der Waals surface area contributed by atoms with E-state index in [4.69, 9.17) is 13.7 Å². The number of ether oxygens (including phenoxy) is 1. The zero-order valence-electron chi connectivity index (χ0n) is 13.3. The first-order chi connectivity index (χ1) is 10.5. The summed E-state index contributed by atoms with van der Waals surface area (Å²) < 4.78 is 57.9. The third kappa shape index (κ3) is 4.09. The van der Waals surface area contributed by atoms with E-state index < -0.39 is 24.7 Å². The lowest BCUT2D eigenvalue weighted by molar-refractivity contribution is -0.275. The zero-order valence-corrected chi connectivity index (χ0v) is 14.3. The molecule has 0 aliphatic carbocycles. The number of hydrogen-bond acceptors (Lipinski definition) is 4. The molecule has 0 unspecified atom stereocenters. The molecule has 0 bridgehead atoms. The second-order valence-electron chi connectivity index (χ2n) is 6.29. The summed E-state index contributed by atoms with van der Waals surface area (Å²) in [4.78, 5) is 0. The third-order valence-corrected chi connectivity index (χ3v) is 4.21. The van der Waals surface area contributed by atoms with Gasteiger partial charge in [0.25, 0.3) is 0 Å². The van der Waals surface area contributed by atoms with E-state index in [0.717, 1.165) is 0 Å². The molecule has 23 heavy (non-hydrogen) atoms. The van der Waals surface area contributed by atoms with E-state index >= 15 is 0 Å². The van der Waals surface area contributed by atoms with Crippen LogP contribution in [0.1, 0.15) is 33.3 Å². The quantitative estimate of drug-likeness (QED) is 0.786. The SMILES string of the molecule is CC1(C)OB(c2ccc(OC(F)(F)F)c(CO[Si])c2)OC1(C)C. The van der Waals surface area contributed by atoms with Crippen molar-refractivity contribution >= 4 is 23.1 Å². The van der Waals surface area contributed by atoms with Crippen LogP contribution in [0, 0.1) is 0 Å². The largest absolute Gasteiger partial charge is 0.573 e. The van der Waals surface area contributed by atoms with Gasteiger partial charge in [0.1, 0.15) is 5.75 Å². The van der Waals surface area contributed by atoms with Gasteiger partial charge >= 0.3 is 13.5 Å². The Labute approximate surface area is 136 Å². The van der Waals surface area contributed by atoms with Crippen LogP contribution in [0.4, 0.5) is 13.2 Å². The van der Waals surface area contributed by atoms with Crippen LogP contribution in [0.2, 0.25) is 0 Å². The molecular weight excluding hydrogens is 328 g/mol. The minimum absolute atomic E-state index is 0.102. The Bertz CT molecular complexity index is 562. The van der Waals surface area contributed by atoms with Gasteiger partial charge in [0.2, 0.25) is 10.5 Å². The van der Waals surface area contributed by atoms with Gasteiger partial charge in [-0.15, -0.1) is 13.2 Å². The fourth-order valence-electron chi connectivity index (χ4n) is 2.14. The summed E-state index contributed by atoms with van der Waals surface area (Å²) in [6.45, 7) is 7.50. The molecule has 0 N–H and O–H groups in total. The molecule has 0 spiro atoms. The fraction of sp³-hybridized carbons (Fsp3) is 0.571. The van der Waals surface area contributed by atoms with Crippen molar-refractivity contribution in [3.63, 3.8) is 0 Å². The van der Waals surface area contributed by atoms with Crippen molar-refractivity contribution in [2.75, 3.05) is 0 Å². The van der Waals surface area contributed by atoms with Crippen molar-refractivity contribution in [3.05, 3.63) is 23.8 Å². The molecule has 1 saturated heterocycles. The lowest BCUT2D eigenvalue weighted by Crippen LogP contribution is -2.41. The average Bonchev–Trinajstić information content (AvgIpc) is 2.59. The molecule has 125 valence electrons. The molecule has 3 radical (unpaired) electrons. The molecule has 0 aromatic heterocycles. The second kappa shape index (κ2) is 6.12. The minimum Gasteiger partial charge on any atom is -0.414 e. The van der Waals surface area contributed by atoms with Gasteiger partial charge in [-0.25, -0.2) is 0 Å². The first-order valence-corrected chi connectivity index (χ1v) is 7.39. The Hall–Kier alpha value is -1.03. The van der Waals surface area contributed by atoms with E-state index in [9.17, 15) is 13.2 Å². The molecule has 0 amide bonds. The van der Waals surface area contributed by atoms with Crippen LogP contribution in [0.25, 0.3) is 0 Å². The highest BCUT2D eigenvalue weighted by atomic mass is 28.2.